The summed E-state index contributed by atoms with van der Waals surface area (Å²) in [4.78, 5) is 0. The normalized spacial score (nSPS) is 14.3. The van der Waals surface area contributed by atoms with E-state index in [-0.39, 0.29) is 0 Å². The topological polar surface area (TPSA) is 24.7 Å². The van der Waals surface area contributed by atoms with Crippen molar-refractivity contribution >= 4 is 35.0 Å². The van der Waals surface area contributed by atoms with Crippen LogP contribution in [0.5, 0.6) is 0 Å². The molecule has 2 nitrogen and oxygen atoms in total. The van der Waals surface area contributed by atoms with Gasteiger partial charge in [-0.25, -0.2) is 0 Å². The van der Waals surface area contributed by atoms with Crippen molar-refractivity contribution in [1.29, 1.82) is 0 Å². The van der Waals surface area contributed by atoms with Crippen LogP contribution in [0.2, 0.25) is 10.0 Å². The minimum absolute atomic E-state index is 0.510. The van der Waals surface area contributed by atoms with Crippen LogP contribution in [0.4, 0.5) is 5.69 Å². The van der Waals surface area contributed by atoms with E-state index in [9.17, 15) is 0 Å². The third kappa shape index (κ3) is 1.84. The van der Waals surface area contributed by atoms with E-state index < -0.39 is 0 Å². The molecule has 2 aromatic rings. The molecule has 0 radical (unpaired) electrons. The minimum Gasteiger partial charge on any atom is -0.159 e. The zero-order valence-electron chi connectivity index (χ0n) is 9.27. The SMILES string of the molecule is Clc1ccc2c(c1Cl)-c1ccccc1/C=C\N=N2. The van der Waals surface area contributed by atoms with Gasteiger partial charge in [0.05, 0.1) is 21.9 Å². The van der Waals surface area contributed by atoms with Crippen molar-refractivity contribution in [3.63, 3.8) is 0 Å². The number of nitrogens with zero attached hydrogens (tertiary/aromatic N) is 2. The van der Waals surface area contributed by atoms with E-state index in [0.29, 0.717) is 10.0 Å². The fraction of sp³-hybridized carbons (Fsp3) is 0. The molecule has 0 N–H and O–H groups in total. The number of fused-ring (bicyclic) bond motifs is 3. The van der Waals surface area contributed by atoms with Crippen molar-refractivity contribution in [2.75, 3.05) is 0 Å². The Bertz CT molecular complexity index is 675. The first-order chi connectivity index (χ1) is 8.77. The molecule has 0 amide bonds. The Morgan fingerprint density at radius 2 is 1.78 bits per heavy atom. The van der Waals surface area contributed by atoms with E-state index in [1.165, 1.54) is 0 Å². The average molecular weight is 275 g/mol. The van der Waals surface area contributed by atoms with E-state index in [1.54, 1.807) is 12.3 Å². The van der Waals surface area contributed by atoms with E-state index >= 15 is 0 Å². The van der Waals surface area contributed by atoms with Crippen LogP contribution in [0.1, 0.15) is 5.56 Å². The fourth-order valence-electron chi connectivity index (χ4n) is 1.96. The van der Waals surface area contributed by atoms with Crippen molar-refractivity contribution in [1.82, 2.24) is 0 Å². The maximum atomic E-state index is 6.31. The summed E-state index contributed by atoms with van der Waals surface area (Å²) in [5.74, 6) is 0. The zero-order valence-corrected chi connectivity index (χ0v) is 10.8. The maximum absolute atomic E-state index is 6.31. The Balaban J connectivity index is 2.40. The Morgan fingerprint density at radius 3 is 2.67 bits per heavy atom. The summed E-state index contributed by atoms with van der Waals surface area (Å²) in [6, 6.07) is 11.5. The molecule has 88 valence electrons. The first-order valence-electron chi connectivity index (χ1n) is 5.42. The predicted molar refractivity (Wildman–Crippen MR) is 75.4 cm³/mol. The molecule has 0 unspecified atom stereocenters. The molecule has 0 aliphatic carbocycles. The van der Waals surface area contributed by atoms with Crippen molar-refractivity contribution in [2.45, 2.75) is 0 Å². The molecule has 0 aromatic heterocycles. The molecule has 0 saturated carbocycles. The molecule has 1 aliphatic heterocycles. The molecule has 1 aliphatic rings. The van der Waals surface area contributed by atoms with Crippen molar-refractivity contribution in [3.05, 3.63) is 58.2 Å². The van der Waals surface area contributed by atoms with E-state index in [0.717, 1.165) is 22.4 Å². The molecule has 0 fully saturated rings. The Kier molecular flexibility index (Phi) is 2.90. The second-order valence-electron chi connectivity index (χ2n) is 3.87. The lowest BCUT2D eigenvalue weighted by Crippen LogP contribution is -1.87. The Morgan fingerprint density at radius 1 is 0.944 bits per heavy atom. The lowest BCUT2D eigenvalue weighted by molar-refractivity contribution is 1.23. The van der Waals surface area contributed by atoms with Crippen molar-refractivity contribution in [3.8, 4) is 11.1 Å². The van der Waals surface area contributed by atoms with E-state index in [2.05, 4.69) is 10.2 Å². The highest BCUT2D eigenvalue weighted by atomic mass is 35.5. The molecular formula is C14H8Cl2N2. The zero-order chi connectivity index (χ0) is 12.5. The molecule has 2 aromatic carbocycles. The molecule has 18 heavy (non-hydrogen) atoms. The standard InChI is InChI=1S/C14H8Cl2N2/c15-11-5-6-12-13(14(11)16)10-4-2-1-3-9(10)7-8-17-18-12/h1-8H/b8-7-,9-7?,13-10?,17-8?,18-12?,18-17?. The van der Waals surface area contributed by atoms with Gasteiger partial charge in [-0.15, -0.1) is 0 Å². The largest absolute Gasteiger partial charge is 0.159 e. The van der Waals surface area contributed by atoms with Gasteiger partial charge in [-0.2, -0.15) is 10.2 Å². The summed E-state index contributed by atoms with van der Waals surface area (Å²) in [6.07, 6.45) is 3.57. The van der Waals surface area contributed by atoms with Crippen LogP contribution in [0.15, 0.2) is 52.8 Å². The van der Waals surface area contributed by atoms with Crippen LogP contribution in [0, 0.1) is 0 Å². The Hall–Kier alpha value is -1.64. The predicted octanol–water partition coefficient (Wildman–Crippen LogP) is 5.73. The molecule has 0 saturated heterocycles. The highest BCUT2D eigenvalue weighted by Gasteiger charge is 2.15. The van der Waals surface area contributed by atoms with Gasteiger partial charge in [-0.1, -0.05) is 47.5 Å². The van der Waals surface area contributed by atoms with Crippen LogP contribution in [0.25, 0.3) is 17.2 Å². The van der Waals surface area contributed by atoms with E-state index in [4.69, 9.17) is 23.2 Å². The van der Waals surface area contributed by atoms with Gasteiger partial charge in [0.1, 0.15) is 0 Å². The molecule has 0 atom stereocenters. The van der Waals surface area contributed by atoms with Crippen molar-refractivity contribution < 1.29 is 0 Å². The summed E-state index contributed by atoms with van der Waals surface area (Å²) >= 11 is 12.4. The summed E-state index contributed by atoms with van der Waals surface area (Å²) in [6.45, 7) is 0. The summed E-state index contributed by atoms with van der Waals surface area (Å²) in [5, 5.41) is 9.16. The third-order valence-corrected chi connectivity index (χ3v) is 3.59. The molecule has 3 rings (SSSR count). The number of hydrogen-bond donors (Lipinski definition) is 0. The van der Waals surface area contributed by atoms with Gasteiger partial charge < -0.3 is 0 Å². The van der Waals surface area contributed by atoms with Gasteiger partial charge in [0.25, 0.3) is 0 Å². The summed E-state index contributed by atoms with van der Waals surface area (Å²) in [5.41, 5.74) is 3.60. The fourth-order valence-corrected chi connectivity index (χ4v) is 2.38. The molecule has 1 heterocycles. The van der Waals surface area contributed by atoms with Crippen LogP contribution < -0.4 is 0 Å². The second kappa shape index (κ2) is 4.56. The van der Waals surface area contributed by atoms with Gasteiger partial charge >= 0.3 is 0 Å². The first-order valence-corrected chi connectivity index (χ1v) is 6.18. The number of azo groups is 1. The molecule has 4 heteroatoms. The lowest BCUT2D eigenvalue weighted by atomic mass is 9.98. The number of hydrogen-bond acceptors (Lipinski definition) is 2. The van der Waals surface area contributed by atoms with Gasteiger partial charge in [0.2, 0.25) is 0 Å². The number of rotatable bonds is 0. The highest BCUT2D eigenvalue weighted by molar-refractivity contribution is 6.44. The summed E-state index contributed by atoms with van der Waals surface area (Å²) in [7, 11) is 0. The van der Waals surface area contributed by atoms with Gasteiger partial charge in [-0.05, 0) is 29.3 Å². The van der Waals surface area contributed by atoms with Gasteiger partial charge in [0, 0.05) is 5.56 Å². The number of halogens is 2. The van der Waals surface area contributed by atoms with Crippen LogP contribution >= 0.6 is 23.2 Å². The van der Waals surface area contributed by atoms with Crippen LogP contribution in [-0.2, 0) is 0 Å². The monoisotopic (exact) mass is 274 g/mol. The van der Waals surface area contributed by atoms with Crippen molar-refractivity contribution in [2.24, 2.45) is 10.2 Å². The quantitative estimate of drug-likeness (QED) is 0.586. The third-order valence-electron chi connectivity index (χ3n) is 2.79. The molecule has 0 spiro atoms. The van der Waals surface area contributed by atoms with Gasteiger partial charge in [-0.3, -0.25) is 0 Å². The molecular weight excluding hydrogens is 267 g/mol. The smallest absolute Gasteiger partial charge is 0.0951 e. The average Bonchev–Trinajstić information content (AvgIpc) is 2.36. The molecule has 0 bridgehead atoms. The summed E-state index contributed by atoms with van der Waals surface area (Å²) < 4.78 is 0. The lowest BCUT2D eigenvalue weighted by Gasteiger charge is -2.13. The minimum atomic E-state index is 0.510. The van der Waals surface area contributed by atoms with Crippen LogP contribution in [0.3, 0.4) is 0 Å². The van der Waals surface area contributed by atoms with E-state index in [1.807, 2.05) is 36.4 Å². The van der Waals surface area contributed by atoms with Crippen LogP contribution in [-0.4, -0.2) is 0 Å². The first kappa shape index (κ1) is 11.5. The highest BCUT2D eigenvalue weighted by Crippen LogP contribution is 2.43. The second-order valence-corrected chi connectivity index (χ2v) is 4.66. The maximum Gasteiger partial charge on any atom is 0.0951 e. The van der Waals surface area contributed by atoms with Gasteiger partial charge in [0.15, 0.2) is 0 Å². The number of benzene rings is 2. The Labute approximate surface area is 115 Å².